The van der Waals surface area contributed by atoms with E-state index in [1.54, 1.807) is 0 Å². The molecule has 13 heavy (non-hydrogen) atoms. The third-order valence-electron chi connectivity index (χ3n) is 2.43. The van der Waals surface area contributed by atoms with E-state index in [1.165, 1.54) is 0 Å². The van der Waals surface area contributed by atoms with E-state index in [0.717, 1.165) is 17.7 Å². The second-order valence-corrected chi connectivity index (χ2v) is 3.20. The van der Waals surface area contributed by atoms with Crippen LogP contribution in [0.5, 0.6) is 0 Å². The van der Waals surface area contributed by atoms with E-state index in [0.29, 0.717) is 0 Å². The average Bonchev–Trinajstić information content (AvgIpc) is 2.18. The van der Waals surface area contributed by atoms with Crippen LogP contribution in [0.15, 0.2) is 24.3 Å². The van der Waals surface area contributed by atoms with Crippen LogP contribution in [0, 0.1) is 0 Å². The zero-order valence-corrected chi connectivity index (χ0v) is 8.17. The molecule has 0 saturated carbocycles. The molecule has 0 heterocycles. The molecule has 1 atom stereocenters. The third-order valence-corrected chi connectivity index (χ3v) is 2.43. The zero-order chi connectivity index (χ0) is 9.90. The largest absolute Gasteiger partial charge is 0.399 e. The van der Waals surface area contributed by atoms with Crippen molar-refractivity contribution in [1.29, 1.82) is 0 Å². The van der Waals surface area contributed by atoms with Gasteiger partial charge in [0.15, 0.2) is 0 Å². The topological polar surface area (TPSA) is 64.1 Å². The highest BCUT2D eigenvalue weighted by atomic mass is 15.1. The summed E-state index contributed by atoms with van der Waals surface area (Å²) >= 11 is 0. The molecule has 3 nitrogen and oxygen atoms in total. The number of anilines is 1. The smallest absolute Gasteiger partial charge is 0.0919 e. The zero-order valence-electron chi connectivity index (χ0n) is 8.17. The SMILES string of the molecule is CCC(N)(NC)c1ccc(N)cc1. The summed E-state index contributed by atoms with van der Waals surface area (Å²) in [6.45, 7) is 2.05. The predicted molar refractivity (Wildman–Crippen MR) is 56.1 cm³/mol. The molecule has 1 aromatic carbocycles. The molecular weight excluding hydrogens is 162 g/mol. The maximum absolute atomic E-state index is 6.12. The van der Waals surface area contributed by atoms with Crippen molar-refractivity contribution in [3.63, 3.8) is 0 Å². The lowest BCUT2D eigenvalue weighted by atomic mass is 9.97. The molecule has 0 fully saturated rings. The van der Waals surface area contributed by atoms with Gasteiger partial charge in [0.05, 0.1) is 5.66 Å². The first-order valence-corrected chi connectivity index (χ1v) is 4.46. The number of nitrogen functional groups attached to an aromatic ring is 1. The van der Waals surface area contributed by atoms with Crippen molar-refractivity contribution in [3.8, 4) is 0 Å². The number of rotatable bonds is 3. The predicted octanol–water partition coefficient (Wildman–Crippen LogP) is 1.01. The van der Waals surface area contributed by atoms with Gasteiger partial charge in [-0.1, -0.05) is 19.1 Å². The molecular formula is C10H17N3. The van der Waals surface area contributed by atoms with Gasteiger partial charge in [0, 0.05) is 5.69 Å². The lowest BCUT2D eigenvalue weighted by molar-refractivity contribution is 0.362. The van der Waals surface area contributed by atoms with Crippen LogP contribution in [0.2, 0.25) is 0 Å². The molecule has 0 aliphatic heterocycles. The minimum absolute atomic E-state index is 0.437. The van der Waals surface area contributed by atoms with E-state index in [1.807, 2.05) is 38.2 Å². The molecule has 0 saturated heterocycles. The van der Waals surface area contributed by atoms with Crippen LogP contribution < -0.4 is 16.8 Å². The van der Waals surface area contributed by atoms with Crippen molar-refractivity contribution in [2.45, 2.75) is 19.0 Å². The second-order valence-electron chi connectivity index (χ2n) is 3.20. The summed E-state index contributed by atoms with van der Waals surface area (Å²) in [5.41, 5.74) is 13.1. The summed E-state index contributed by atoms with van der Waals surface area (Å²) in [7, 11) is 1.86. The number of nitrogens with two attached hydrogens (primary N) is 2. The summed E-state index contributed by atoms with van der Waals surface area (Å²) in [6, 6.07) is 7.64. The van der Waals surface area contributed by atoms with E-state index >= 15 is 0 Å². The van der Waals surface area contributed by atoms with Crippen molar-refractivity contribution in [2.75, 3.05) is 12.8 Å². The van der Waals surface area contributed by atoms with Crippen molar-refractivity contribution >= 4 is 5.69 Å². The Morgan fingerprint density at radius 2 is 1.85 bits per heavy atom. The fraction of sp³-hybridized carbons (Fsp3) is 0.400. The molecule has 1 rings (SSSR count). The number of hydrogen-bond acceptors (Lipinski definition) is 3. The van der Waals surface area contributed by atoms with Gasteiger partial charge in [-0.15, -0.1) is 0 Å². The highest BCUT2D eigenvalue weighted by molar-refractivity contribution is 5.41. The van der Waals surface area contributed by atoms with E-state index in [-0.39, 0.29) is 0 Å². The first kappa shape index (κ1) is 10.0. The van der Waals surface area contributed by atoms with Gasteiger partial charge in [-0.25, -0.2) is 0 Å². The number of benzene rings is 1. The second kappa shape index (κ2) is 3.77. The van der Waals surface area contributed by atoms with Crippen LogP contribution in [-0.2, 0) is 5.66 Å². The Morgan fingerprint density at radius 3 is 2.23 bits per heavy atom. The van der Waals surface area contributed by atoms with Gasteiger partial charge in [0.1, 0.15) is 0 Å². The molecule has 1 aromatic rings. The highest BCUT2D eigenvalue weighted by Crippen LogP contribution is 2.19. The van der Waals surface area contributed by atoms with Crippen LogP contribution in [0.1, 0.15) is 18.9 Å². The summed E-state index contributed by atoms with van der Waals surface area (Å²) in [6.07, 6.45) is 0.841. The van der Waals surface area contributed by atoms with Crippen molar-refractivity contribution < 1.29 is 0 Å². The molecule has 5 N–H and O–H groups in total. The van der Waals surface area contributed by atoms with Crippen molar-refractivity contribution in [2.24, 2.45) is 5.73 Å². The molecule has 72 valence electrons. The first-order chi connectivity index (χ1) is 6.12. The maximum Gasteiger partial charge on any atom is 0.0919 e. The van der Waals surface area contributed by atoms with Crippen molar-refractivity contribution in [1.82, 2.24) is 5.32 Å². The fourth-order valence-corrected chi connectivity index (χ4v) is 1.31. The molecule has 0 bridgehead atoms. The summed E-state index contributed by atoms with van der Waals surface area (Å²) in [4.78, 5) is 0. The lowest BCUT2D eigenvalue weighted by Gasteiger charge is -2.28. The quantitative estimate of drug-likeness (QED) is 0.479. The summed E-state index contributed by atoms with van der Waals surface area (Å²) < 4.78 is 0. The van der Waals surface area contributed by atoms with Gasteiger partial charge < -0.3 is 11.5 Å². The molecule has 0 radical (unpaired) electrons. The van der Waals surface area contributed by atoms with Gasteiger partial charge in [0.2, 0.25) is 0 Å². The minimum atomic E-state index is -0.437. The van der Waals surface area contributed by atoms with Crippen LogP contribution in [0.3, 0.4) is 0 Å². The third kappa shape index (κ3) is 1.99. The summed E-state index contributed by atoms with van der Waals surface area (Å²) in [5, 5.41) is 3.10. The van der Waals surface area contributed by atoms with Gasteiger partial charge in [-0.2, -0.15) is 0 Å². The molecule has 1 unspecified atom stereocenters. The lowest BCUT2D eigenvalue weighted by Crippen LogP contribution is -2.47. The molecule has 0 aromatic heterocycles. The summed E-state index contributed by atoms with van der Waals surface area (Å²) in [5.74, 6) is 0. The van der Waals surface area contributed by atoms with Crippen LogP contribution in [-0.4, -0.2) is 7.05 Å². The van der Waals surface area contributed by atoms with E-state index < -0.39 is 5.66 Å². The Kier molecular flexibility index (Phi) is 2.90. The molecule has 0 aliphatic rings. The van der Waals surface area contributed by atoms with E-state index in [4.69, 9.17) is 11.5 Å². The van der Waals surface area contributed by atoms with Gasteiger partial charge in [-0.3, -0.25) is 5.32 Å². The first-order valence-electron chi connectivity index (χ1n) is 4.46. The molecule has 0 spiro atoms. The Morgan fingerprint density at radius 1 is 1.31 bits per heavy atom. The fourth-order valence-electron chi connectivity index (χ4n) is 1.31. The van der Waals surface area contributed by atoms with Gasteiger partial charge in [-0.05, 0) is 31.2 Å². The van der Waals surface area contributed by atoms with Gasteiger partial charge >= 0.3 is 0 Å². The van der Waals surface area contributed by atoms with E-state index in [9.17, 15) is 0 Å². The Labute approximate surface area is 79.1 Å². The van der Waals surface area contributed by atoms with Crippen LogP contribution in [0.25, 0.3) is 0 Å². The Hall–Kier alpha value is -1.06. The van der Waals surface area contributed by atoms with E-state index in [2.05, 4.69) is 5.32 Å². The Bertz CT molecular complexity index is 262. The monoisotopic (exact) mass is 179 g/mol. The highest BCUT2D eigenvalue weighted by Gasteiger charge is 2.21. The number of nitrogens with one attached hydrogen (secondary N) is 1. The normalized spacial score (nSPS) is 15.3. The molecule has 3 heteroatoms. The van der Waals surface area contributed by atoms with Crippen molar-refractivity contribution in [3.05, 3.63) is 29.8 Å². The number of hydrogen-bond donors (Lipinski definition) is 3. The molecule has 0 amide bonds. The van der Waals surface area contributed by atoms with Crippen LogP contribution >= 0.6 is 0 Å². The minimum Gasteiger partial charge on any atom is -0.399 e. The standard InChI is InChI=1S/C10H17N3/c1-3-10(12,13-2)8-4-6-9(11)7-5-8/h4-7,13H,3,11-12H2,1-2H3. The maximum atomic E-state index is 6.12. The van der Waals surface area contributed by atoms with Gasteiger partial charge in [0.25, 0.3) is 0 Å². The Balaban J connectivity index is 2.99. The molecule has 0 aliphatic carbocycles. The average molecular weight is 179 g/mol. The van der Waals surface area contributed by atoms with Crippen LogP contribution in [0.4, 0.5) is 5.69 Å².